The summed E-state index contributed by atoms with van der Waals surface area (Å²) >= 11 is 0. The van der Waals surface area contributed by atoms with E-state index in [-0.39, 0.29) is 5.91 Å². The monoisotopic (exact) mass is 129 g/mol. The van der Waals surface area contributed by atoms with Gasteiger partial charge in [0.25, 0.3) is 0 Å². The number of rotatable bonds is 1. The van der Waals surface area contributed by atoms with Crippen molar-refractivity contribution in [1.29, 1.82) is 0 Å². The molecule has 0 aromatic rings. The molecule has 0 unspecified atom stereocenters. The van der Waals surface area contributed by atoms with Gasteiger partial charge in [0.15, 0.2) is 0 Å². The van der Waals surface area contributed by atoms with Crippen molar-refractivity contribution in [1.82, 2.24) is 4.90 Å². The van der Waals surface area contributed by atoms with E-state index in [1.165, 1.54) is 18.0 Å². The largest absolute Gasteiger partial charge is 0.323 e. The van der Waals surface area contributed by atoms with E-state index < -0.39 is 0 Å². The molecular weight excluding hydrogens is 114 g/mol. The van der Waals surface area contributed by atoms with Crippen LogP contribution in [-0.2, 0) is 4.79 Å². The van der Waals surface area contributed by atoms with Crippen LogP contribution in [0.15, 0.2) is 12.8 Å². The third kappa shape index (κ3) is 7.21. The molecule has 1 amide bonds. The molecule has 0 aliphatic rings. The summed E-state index contributed by atoms with van der Waals surface area (Å²) < 4.78 is 0. The fourth-order valence-corrected chi connectivity index (χ4v) is 0.129. The van der Waals surface area contributed by atoms with E-state index in [1.54, 1.807) is 7.05 Å². The Hall–Kier alpha value is -0.790. The number of carbonyl (C=O) groups excluding carboxylic acids is 1. The predicted molar refractivity (Wildman–Crippen MR) is 40.0 cm³/mol. The van der Waals surface area contributed by atoms with Crippen molar-refractivity contribution in [2.75, 3.05) is 7.05 Å². The van der Waals surface area contributed by atoms with Gasteiger partial charge in [-0.25, -0.2) is 0 Å². The zero-order valence-electron chi connectivity index (χ0n) is 6.64. The van der Waals surface area contributed by atoms with E-state index in [9.17, 15) is 4.79 Å². The maximum atomic E-state index is 10.2. The van der Waals surface area contributed by atoms with Gasteiger partial charge in [-0.05, 0) is 6.20 Å². The molecule has 0 aromatic carbocycles. The predicted octanol–water partition coefficient (Wildman–Crippen LogP) is 1.63. The lowest BCUT2D eigenvalue weighted by molar-refractivity contribution is -0.125. The fourth-order valence-electron chi connectivity index (χ4n) is 0.129. The highest BCUT2D eigenvalue weighted by molar-refractivity contribution is 5.73. The highest BCUT2D eigenvalue weighted by Crippen LogP contribution is 1.79. The fraction of sp³-hybridized carbons (Fsp3) is 0.571. The zero-order valence-corrected chi connectivity index (χ0v) is 6.64. The molecule has 0 aliphatic carbocycles. The molecule has 0 saturated carbocycles. The molecule has 0 aliphatic heterocycles. The van der Waals surface area contributed by atoms with Crippen LogP contribution in [0, 0.1) is 0 Å². The molecule has 0 bridgehead atoms. The second-order valence-electron chi connectivity index (χ2n) is 1.31. The Morgan fingerprint density at radius 1 is 1.56 bits per heavy atom. The molecule has 0 saturated heterocycles. The van der Waals surface area contributed by atoms with Crippen LogP contribution in [0.2, 0.25) is 0 Å². The third-order valence-electron chi connectivity index (χ3n) is 0.771. The average Bonchev–Trinajstić information content (AvgIpc) is 1.91. The maximum Gasteiger partial charge on any atom is 0.223 e. The molecule has 2 nitrogen and oxygen atoms in total. The third-order valence-corrected chi connectivity index (χ3v) is 0.771. The van der Waals surface area contributed by atoms with Gasteiger partial charge in [-0.15, -0.1) is 0 Å². The van der Waals surface area contributed by atoms with Gasteiger partial charge in [0.1, 0.15) is 0 Å². The van der Waals surface area contributed by atoms with Gasteiger partial charge in [0, 0.05) is 14.0 Å². The summed E-state index contributed by atoms with van der Waals surface area (Å²) in [5, 5.41) is 0. The first kappa shape index (κ1) is 11.1. The van der Waals surface area contributed by atoms with Crippen LogP contribution >= 0.6 is 0 Å². The Kier molecular flexibility index (Phi) is 8.87. The lowest BCUT2D eigenvalue weighted by Gasteiger charge is -2.04. The summed E-state index contributed by atoms with van der Waals surface area (Å²) in [4.78, 5) is 11.6. The Balaban J connectivity index is 0. The number of hydrogen-bond acceptors (Lipinski definition) is 1. The molecule has 54 valence electrons. The molecular formula is C7H15NO. The molecule has 2 heteroatoms. The number of hydrogen-bond donors (Lipinski definition) is 0. The van der Waals surface area contributed by atoms with E-state index in [4.69, 9.17) is 0 Å². The molecule has 0 aromatic heterocycles. The SMILES string of the molecule is C=CN(C)C(C)=O.CC. The molecule has 0 rings (SSSR count). The van der Waals surface area contributed by atoms with Gasteiger partial charge in [-0.1, -0.05) is 20.4 Å². The average molecular weight is 129 g/mol. The van der Waals surface area contributed by atoms with Crippen molar-refractivity contribution in [3.05, 3.63) is 12.8 Å². The van der Waals surface area contributed by atoms with Crippen LogP contribution < -0.4 is 0 Å². The van der Waals surface area contributed by atoms with Crippen molar-refractivity contribution in [3.63, 3.8) is 0 Å². The van der Waals surface area contributed by atoms with Gasteiger partial charge >= 0.3 is 0 Å². The highest BCUT2D eigenvalue weighted by Gasteiger charge is 1.90. The Morgan fingerprint density at radius 3 is 1.89 bits per heavy atom. The Labute approximate surface area is 57.2 Å². The molecule has 0 fully saturated rings. The molecule has 0 N–H and O–H groups in total. The summed E-state index contributed by atoms with van der Waals surface area (Å²) in [6.45, 7) is 8.87. The Bertz CT molecular complexity index is 88.9. The summed E-state index contributed by atoms with van der Waals surface area (Å²) in [6, 6.07) is 0. The van der Waals surface area contributed by atoms with Crippen molar-refractivity contribution < 1.29 is 4.79 Å². The number of carbonyl (C=O) groups is 1. The van der Waals surface area contributed by atoms with Crippen LogP contribution in [0.3, 0.4) is 0 Å². The Morgan fingerprint density at radius 2 is 1.89 bits per heavy atom. The van der Waals surface area contributed by atoms with Gasteiger partial charge in [0.05, 0.1) is 0 Å². The standard InChI is InChI=1S/C5H9NO.C2H6/c1-4-6(3)5(2)7;1-2/h4H,1H2,2-3H3;1-2H3. The summed E-state index contributed by atoms with van der Waals surface area (Å²) in [5.74, 6) is 0.00926. The van der Waals surface area contributed by atoms with Gasteiger partial charge in [-0.3, -0.25) is 4.79 Å². The summed E-state index contributed by atoms with van der Waals surface area (Å²) in [7, 11) is 1.66. The molecule has 0 spiro atoms. The van der Waals surface area contributed by atoms with E-state index in [1.807, 2.05) is 13.8 Å². The van der Waals surface area contributed by atoms with Gasteiger partial charge in [-0.2, -0.15) is 0 Å². The first-order valence-electron chi connectivity index (χ1n) is 3.04. The van der Waals surface area contributed by atoms with Crippen LogP contribution in [0.4, 0.5) is 0 Å². The summed E-state index contributed by atoms with van der Waals surface area (Å²) in [5.41, 5.74) is 0. The second-order valence-corrected chi connectivity index (χ2v) is 1.31. The van der Waals surface area contributed by atoms with Crippen molar-refractivity contribution in [3.8, 4) is 0 Å². The number of nitrogens with zero attached hydrogens (tertiary/aromatic N) is 1. The highest BCUT2D eigenvalue weighted by atomic mass is 16.2. The zero-order chi connectivity index (χ0) is 7.86. The first-order chi connectivity index (χ1) is 4.18. The number of amides is 1. The minimum absolute atomic E-state index is 0.00926. The molecule has 0 heterocycles. The smallest absolute Gasteiger partial charge is 0.223 e. The lowest BCUT2D eigenvalue weighted by atomic mass is 10.6. The quantitative estimate of drug-likeness (QED) is 0.527. The van der Waals surface area contributed by atoms with Gasteiger partial charge in [0.2, 0.25) is 5.91 Å². The second kappa shape index (κ2) is 7.21. The topological polar surface area (TPSA) is 20.3 Å². The minimum atomic E-state index is 0.00926. The van der Waals surface area contributed by atoms with Crippen molar-refractivity contribution in [2.24, 2.45) is 0 Å². The van der Waals surface area contributed by atoms with E-state index in [0.29, 0.717) is 0 Å². The van der Waals surface area contributed by atoms with Crippen LogP contribution in [0.5, 0.6) is 0 Å². The molecule has 0 atom stereocenters. The van der Waals surface area contributed by atoms with Crippen LogP contribution in [-0.4, -0.2) is 17.9 Å². The summed E-state index contributed by atoms with van der Waals surface area (Å²) in [6.07, 6.45) is 1.47. The van der Waals surface area contributed by atoms with E-state index >= 15 is 0 Å². The van der Waals surface area contributed by atoms with E-state index in [2.05, 4.69) is 6.58 Å². The molecule has 0 radical (unpaired) electrons. The normalized spacial score (nSPS) is 6.67. The van der Waals surface area contributed by atoms with E-state index in [0.717, 1.165) is 0 Å². The first-order valence-corrected chi connectivity index (χ1v) is 3.04. The van der Waals surface area contributed by atoms with Gasteiger partial charge < -0.3 is 4.90 Å². The van der Waals surface area contributed by atoms with Crippen molar-refractivity contribution in [2.45, 2.75) is 20.8 Å². The van der Waals surface area contributed by atoms with Crippen molar-refractivity contribution >= 4 is 5.91 Å². The molecule has 9 heavy (non-hydrogen) atoms. The minimum Gasteiger partial charge on any atom is -0.323 e. The van der Waals surface area contributed by atoms with Crippen LogP contribution in [0.1, 0.15) is 20.8 Å². The maximum absolute atomic E-state index is 10.2. The van der Waals surface area contributed by atoms with Crippen LogP contribution in [0.25, 0.3) is 0 Å². The lowest BCUT2D eigenvalue weighted by Crippen LogP contribution is -2.15.